The second-order valence-electron chi connectivity index (χ2n) is 6.75. The highest BCUT2D eigenvalue weighted by atomic mass is 35.5. The Morgan fingerprint density at radius 3 is 2.53 bits per heavy atom. The highest BCUT2D eigenvalue weighted by molar-refractivity contribution is 6.31. The van der Waals surface area contributed by atoms with Crippen LogP contribution in [0.1, 0.15) is 34.1 Å². The number of anilines is 1. The molecule has 1 atom stereocenters. The number of amides is 1. The third-order valence-electron chi connectivity index (χ3n) is 4.53. The summed E-state index contributed by atoms with van der Waals surface area (Å²) in [6, 6.07) is 1.64. The van der Waals surface area contributed by atoms with Crippen molar-refractivity contribution in [2.45, 2.75) is 45.8 Å². The van der Waals surface area contributed by atoms with Gasteiger partial charge < -0.3 is 15.6 Å². The molecule has 12 heteroatoms. The molecule has 0 aliphatic heterocycles. The van der Waals surface area contributed by atoms with E-state index in [0.717, 1.165) is 6.20 Å². The minimum Gasteiger partial charge on any atom is -0.354 e. The lowest BCUT2D eigenvalue weighted by molar-refractivity contribution is -0.140. The molecular formula is C20H23ClF4N6O. The lowest BCUT2D eigenvalue weighted by Crippen LogP contribution is -2.52. The average molecular weight is 475 g/mol. The van der Waals surface area contributed by atoms with Crippen molar-refractivity contribution >= 4 is 34.4 Å². The van der Waals surface area contributed by atoms with Gasteiger partial charge in [-0.2, -0.15) is 13.2 Å². The van der Waals surface area contributed by atoms with E-state index in [0.29, 0.717) is 21.6 Å². The molecule has 1 amide bonds. The Hall–Kier alpha value is -2.95. The Morgan fingerprint density at radius 1 is 1.22 bits per heavy atom. The second-order valence-corrected chi connectivity index (χ2v) is 7.19. The Kier molecular flexibility index (Phi) is 8.00. The van der Waals surface area contributed by atoms with Crippen LogP contribution in [-0.4, -0.2) is 44.1 Å². The van der Waals surface area contributed by atoms with E-state index >= 15 is 0 Å². The first-order valence-corrected chi connectivity index (χ1v) is 10.2. The fraction of sp³-hybridized carbons (Fsp3) is 0.400. The minimum absolute atomic E-state index is 0.0715. The molecule has 3 rings (SSSR count). The minimum atomic E-state index is -4.57. The third kappa shape index (κ3) is 5.84. The van der Waals surface area contributed by atoms with Crippen LogP contribution >= 0.6 is 11.6 Å². The zero-order valence-corrected chi connectivity index (χ0v) is 18.6. The lowest BCUT2D eigenvalue weighted by atomic mass is 9.97. The van der Waals surface area contributed by atoms with E-state index in [-0.39, 0.29) is 18.1 Å². The fourth-order valence-electron chi connectivity index (χ4n) is 2.69. The summed E-state index contributed by atoms with van der Waals surface area (Å²) >= 11 is 5.98. The lowest BCUT2D eigenvalue weighted by Gasteiger charge is -2.29. The molecule has 3 N–H and O–H groups in total. The number of nitrogens with zero attached hydrogens (tertiary/aromatic N) is 3. The number of hydrogen-bond acceptors (Lipinski definition) is 5. The molecule has 0 bridgehead atoms. The summed E-state index contributed by atoms with van der Waals surface area (Å²) in [5, 5.41) is 5.40. The number of carbonyl (C=O) groups excluding carboxylic acids is 1. The molecule has 0 spiro atoms. The predicted molar refractivity (Wildman–Crippen MR) is 115 cm³/mol. The first kappa shape index (κ1) is 25.3. The largest absolute Gasteiger partial charge is 0.405 e. The standard InChI is InChI=1S/C18H17ClF4N6O.C2H6/c1-3-17(2,16(30)27-8-18(21,22)23)29-15-12(20)7-26-14(28-15)11-6-25-13-10(11)4-9(19)5-24-13;1-2/h4-7H,3,8H2,1-2H3,(H,24,25)(H,27,30)(H,26,28,29);1-2H3. The van der Waals surface area contributed by atoms with Crippen molar-refractivity contribution in [3.8, 4) is 11.4 Å². The quantitative estimate of drug-likeness (QED) is 0.432. The van der Waals surface area contributed by atoms with Gasteiger partial charge in [0.2, 0.25) is 5.91 Å². The van der Waals surface area contributed by atoms with Crippen molar-refractivity contribution in [1.29, 1.82) is 0 Å². The van der Waals surface area contributed by atoms with Crippen molar-refractivity contribution in [3.05, 3.63) is 35.5 Å². The van der Waals surface area contributed by atoms with Crippen molar-refractivity contribution in [3.63, 3.8) is 0 Å². The van der Waals surface area contributed by atoms with Crippen LogP contribution in [0.25, 0.3) is 22.4 Å². The number of nitrogens with one attached hydrogen (secondary N) is 3. The van der Waals surface area contributed by atoms with Gasteiger partial charge in [-0.05, 0) is 19.4 Å². The van der Waals surface area contributed by atoms with Gasteiger partial charge in [0.25, 0.3) is 0 Å². The number of pyridine rings is 1. The molecule has 0 aromatic carbocycles. The van der Waals surface area contributed by atoms with Gasteiger partial charge >= 0.3 is 6.18 Å². The van der Waals surface area contributed by atoms with E-state index in [4.69, 9.17) is 11.6 Å². The van der Waals surface area contributed by atoms with Crippen LogP contribution in [0.15, 0.2) is 24.7 Å². The first-order valence-electron chi connectivity index (χ1n) is 9.81. The van der Waals surface area contributed by atoms with Gasteiger partial charge in [-0.15, -0.1) is 0 Å². The molecule has 0 saturated carbocycles. The monoisotopic (exact) mass is 474 g/mol. The molecular weight excluding hydrogens is 452 g/mol. The highest BCUT2D eigenvalue weighted by Crippen LogP contribution is 2.29. The Morgan fingerprint density at radius 2 is 1.91 bits per heavy atom. The summed E-state index contributed by atoms with van der Waals surface area (Å²) in [6.45, 7) is 5.44. The number of halogens is 5. The van der Waals surface area contributed by atoms with Crippen molar-refractivity contribution in [1.82, 2.24) is 25.3 Å². The van der Waals surface area contributed by atoms with Crippen LogP contribution in [0.2, 0.25) is 5.02 Å². The van der Waals surface area contributed by atoms with E-state index in [1.54, 1.807) is 24.5 Å². The van der Waals surface area contributed by atoms with Crippen molar-refractivity contribution in [2.24, 2.45) is 0 Å². The summed E-state index contributed by atoms with van der Waals surface area (Å²) < 4.78 is 51.7. The van der Waals surface area contributed by atoms with Gasteiger partial charge in [-0.1, -0.05) is 32.4 Å². The Bertz CT molecular complexity index is 1090. The molecule has 174 valence electrons. The number of aromatic nitrogens is 4. The van der Waals surface area contributed by atoms with Gasteiger partial charge in [0.05, 0.1) is 11.2 Å². The molecule has 3 aromatic heterocycles. The summed E-state index contributed by atoms with van der Waals surface area (Å²) in [4.78, 5) is 27.5. The van der Waals surface area contributed by atoms with Gasteiger partial charge in [0, 0.05) is 23.3 Å². The summed E-state index contributed by atoms with van der Waals surface area (Å²) in [5.41, 5.74) is -0.535. The molecule has 0 saturated heterocycles. The third-order valence-corrected chi connectivity index (χ3v) is 4.74. The van der Waals surface area contributed by atoms with Crippen LogP contribution in [0.4, 0.5) is 23.4 Å². The fourth-order valence-corrected chi connectivity index (χ4v) is 2.85. The number of H-pyrrole nitrogens is 1. The molecule has 7 nitrogen and oxygen atoms in total. The molecule has 0 fully saturated rings. The zero-order valence-electron chi connectivity index (χ0n) is 17.9. The maximum Gasteiger partial charge on any atom is 0.405 e. The van der Waals surface area contributed by atoms with Crippen molar-refractivity contribution in [2.75, 3.05) is 11.9 Å². The van der Waals surface area contributed by atoms with Gasteiger partial charge in [0.1, 0.15) is 17.7 Å². The molecule has 1 unspecified atom stereocenters. The topological polar surface area (TPSA) is 95.6 Å². The van der Waals surface area contributed by atoms with Crippen LogP contribution in [-0.2, 0) is 4.79 Å². The van der Waals surface area contributed by atoms with Crippen LogP contribution < -0.4 is 10.6 Å². The highest BCUT2D eigenvalue weighted by Gasteiger charge is 2.36. The van der Waals surface area contributed by atoms with Crippen molar-refractivity contribution < 1.29 is 22.4 Å². The zero-order chi connectivity index (χ0) is 24.1. The molecule has 0 radical (unpaired) electrons. The summed E-state index contributed by atoms with van der Waals surface area (Å²) in [6.07, 6.45) is -0.565. The van der Waals surface area contributed by atoms with Gasteiger partial charge in [-0.3, -0.25) is 4.79 Å². The number of rotatable bonds is 6. The number of carbonyl (C=O) groups is 1. The first-order chi connectivity index (χ1) is 15.0. The van der Waals surface area contributed by atoms with E-state index in [2.05, 4.69) is 25.3 Å². The normalized spacial score (nSPS) is 13.2. The van der Waals surface area contributed by atoms with E-state index in [1.165, 1.54) is 13.1 Å². The molecule has 0 aliphatic carbocycles. The maximum absolute atomic E-state index is 14.4. The van der Waals surface area contributed by atoms with Gasteiger partial charge in [0.15, 0.2) is 17.5 Å². The van der Waals surface area contributed by atoms with Crippen LogP contribution in [0.3, 0.4) is 0 Å². The SMILES string of the molecule is CC.CCC(C)(Nc1nc(-c2c[nH]c3ncc(Cl)cc23)ncc1F)C(=O)NCC(F)(F)F. The maximum atomic E-state index is 14.4. The predicted octanol–water partition coefficient (Wildman–Crippen LogP) is 5.10. The van der Waals surface area contributed by atoms with Crippen LogP contribution in [0, 0.1) is 5.82 Å². The number of hydrogen-bond donors (Lipinski definition) is 3. The number of fused-ring (bicyclic) bond motifs is 1. The second kappa shape index (κ2) is 10.1. The molecule has 32 heavy (non-hydrogen) atoms. The Balaban J connectivity index is 0.00000176. The molecule has 3 heterocycles. The van der Waals surface area contributed by atoms with Gasteiger partial charge in [-0.25, -0.2) is 19.3 Å². The number of alkyl halides is 3. The smallest absolute Gasteiger partial charge is 0.354 e. The number of aromatic amines is 1. The van der Waals surface area contributed by atoms with E-state index in [9.17, 15) is 22.4 Å². The van der Waals surface area contributed by atoms with E-state index in [1.807, 2.05) is 13.8 Å². The van der Waals surface area contributed by atoms with E-state index < -0.39 is 30.0 Å². The summed E-state index contributed by atoms with van der Waals surface area (Å²) in [7, 11) is 0. The van der Waals surface area contributed by atoms with Crippen LogP contribution in [0.5, 0.6) is 0 Å². The molecule has 3 aromatic rings. The Labute approximate surface area is 187 Å². The molecule has 0 aliphatic rings. The average Bonchev–Trinajstić information content (AvgIpc) is 3.17. The summed E-state index contributed by atoms with van der Waals surface area (Å²) in [5.74, 6) is -2.01.